The number of pyridine rings is 1. The first-order valence-corrected chi connectivity index (χ1v) is 7.08. The number of fused-ring (bicyclic) bond motifs is 1. The van der Waals surface area contributed by atoms with Gasteiger partial charge < -0.3 is 0 Å². The van der Waals surface area contributed by atoms with Crippen molar-refractivity contribution in [2.45, 2.75) is 13.3 Å². The Kier molecular flexibility index (Phi) is 3.30. The van der Waals surface area contributed by atoms with Gasteiger partial charge in [-0.2, -0.15) is 0 Å². The predicted molar refractivity (Wildman–Crippen MR) is 78.5 cm³/mol. The Bertz CT molecular complexity index is 702. The monoisotopic (exact) mass is 334 g/mol. The van der Waals surface area contributed by atoms with E-state index in [2.05, 4.69) is 20.9 Å². The maximum Gasteiger partial charge on any atom is 0.259 e. The Morgan fingerprint density at radius 2 is 2.20 bits per heavy atom. The summed E-state index contributed by atoms with van der Waals surface area (Å²) in [7, 11) is 0. The van der Waals surface area contributed by atoms with Gasteiger partial charge in [0.25, 0.3) is 5.91 Å². The van der Waals surface area contributed by atoms with Gasteiger partial charge in [-0.1, -0.05) is 22.0 Å². The number of aryl methyl sites for hydroxylation is 1. The van der Waals surface area contributed by atoms with Crippen LogP contribution in [0.15, 0.2) is 34.9 Å². The number of amides is 1. The maximum atomic E-state index is 13.8. The SMILES string of the molecule is Cc1cc2c(cc1Br)C(=O)N(c1ncccc1F)CC2. The molecule has 0 atom stereocenters. The number of anilines is 1. The van der Waals surface area contributed by atoms with E-state index in [0.717, 1.165) is 15.6 Å². The van der Waals surface area contributed by atoms with Gasteiger partial charge in [0.15, 0.2) is 11.6 Å². The third-order valence-electron chi connectivity index (χ3n) is 3.46. The second-order valence-corrected chi connectivity index (χ2v) is 5.63. The number of hydrogen-bond acceptors (Lipinski definition) is 2. The fraction of sp³-hybridized carbons (Fsp3) is 0.200. The van der Waals surface area contributed by atoms with Crippen LogP contribution in [-0.4, -0.2) is 17.4 Å². The lowest BCUT2D eigenvalue weighted by Gasteiger charge is -2.28. The number of nitrogens with zero attached hydrogens (tertiary/aromatic N) is 2. The molecule has 1 aromatic carbocycles. The van der Waals surface area contributed by atoms with Crippen LogP contribution < -0.4 is 4.90 Å². The van der Waals surface area contributed by atoms with E-state index in [4.69, 9.17) is 0 Å². The summed E-state index contributed by atoms with van der Waals surface area (Å²) in [6, 6.07) is 6.64. The molecule has 0 saturated heterocycles. The molecule has 1 aliphatic rings. The van der Waals surface area contributed by atoms with Crippen molar-refractivity contribution in [3.8, 4) is 0 Å². The Balaban J connectivity index is 2.05. The minimum Gasteiger partial charge on any atom is -0.290 e. The topological polar surface area (TPSA) is 33.2 Å². The molecule has 1 aromatic heterocycles. The number of halogens is 2. The van der Waals surface area contributed by atoms with Gasteiger partial charge in [0.2, 0.25) is 0 Å². The second-order valence-electron chi connectivity index (χ2n) is 4.77. The van der Waals surface area contributed by atoms with E-state index in [9.17, 15) is 9.18 Å². The van der Waals surface area contributed by atoms with E-state index in [1.807, 2.05) is 13.0 Å². The van der Waals surface area contributed by atoms with Crippen molar-refractivity contribution in [1.82, 2.24) is 4.98 Å². The van der Waals surface area contributed by atoms with Gasteiger partial charge in [-0.3, -0.25) is 9.69 Å². The predicted octanol–water partition coefficient (Wildman–Crippen LogP) is 3.49. The van der Waals surface area contributed by atoms with Crippen LogP contribution in [0.25, 0.3) is 0 Å². The highest BCUT2D eigenvalue weighted by Gasteiger charge is 2.28. The van der Waals surface area contributed by atoms with Crippen molar-refractivity contribution in [3.05, 3.63) is 57.4 Å². The van der Waals surface area contributed by atoms with Crippen molar-refractivity contribution >= 4 is 27.7 Å². The zero-order valence-electron chi connectivity index (χ0n) is 10.9. The lowest BCUT2D eigenvalue weighted by Crippen LogP contribution is -2.38. The summed E-state index contributed by atoms with van der Waals surface area (Å²) >= 11 is 3.43. The van der Waals surface area contributed by atoms with Crippen LogP contribution >= 0.6 is 15.9 Å². The maximum absolute atomic E-state index is 13.8. The van der Waals surface area contributed by atoms with Crippen molar-refractivity contribution < 1.29 is 9.18 Å². The van der Waals surface area contributed by atoms with Crippen molar-refractivity contribution in [2.75, 3.05) is 11.4 Å². The highest BCUT2D eigenvalue weighted by molar-refractivity contribution is 9.10. The lowest BCUT2D eigenvalue weighted by atomic mass is 9.97. The third kappa shape index (κ3) is 2.12. The van der Waals surface area contributed by atoms with Crippen LogP contribution in [0.2, 0.25) is 0 Å². The van der Waals surface area contributed by atoms with Crippen LogP contribution in [-0.2, 0) is 6.42 Å². The fourth-order valence-corrected chi connectivity index (χ4v) is 2.75. The molecule has 2 aromatic rings. The van der Waals surface area contributed by atoms with Gasteiger partial charge in [-0.25, -0.2) is 9.37 Å². The highest BCUT2D eigenvalue weighted by atomic mass is 79.9. The molecule has 1 aliphatic heterocycles. The summed E-state index contributed by atoms with van der Waals surface area (Å²) in [4.78, 5) is 17.9. The number of benzene rings is 1. The summed E-state index contributed by atoms with van der Waals surface area (Å²) in [6.45, 7) is 2.43. The molecular formula is C15H12BrFN2O. The van der Waals surface area contributed by atoms with Crippen molar-refractivity contribution in [1.29, 1.82) is 0 Å². The Morgan fingerprint density at radius 1 is 1.40 bits per heavy atom. The fourth-order valence-electron chi connectivity index (χ4n) is 2.40. The Hall–Kier alpha value is -1.75. The summed E-state index contributed by atoms with van der Waals surface area (Å²) < 4.78 is 14.7. The van der Waals surface area contributed by atoms with Crippen LogP contribution in [0.1, 0.15) is 21.5 Å². The Labute approximate surface area is 124 Å². The minimum atomic E-state index is -0.476. The van der Waals surface area contributed by atoms with Gasteiger partial charge in [-0.05, 0) is 42.7 Å². The summed E-state index contributed by atoms with van der Waals surface area (Å²) in [5.74, 6) is -0.583. The first-order valence-electron chi connectivity index (χ1n) is 6.29. The molecule has 0 saturated carbocycles. The number of carbonyl (C=O) groups excluding carboxylic acids is 1. The molecule has 102 valence electrons. The smallest absolute Gasteiger partial charge is 0.259 e. The lowest BCUT2D eigenvalue weighted by molar-refractivity contribution is 0.0979. The van der Waals surface area contributed by atoms with Crippen LogP contribution in [0.4, 0.5) is 10.2 Å². The average Bonchev–Trinajstić information content (AvgIpc) is 2.43. The van der Waals surface area contributed by atoms with Gasteiger partial charge in [0.05, 0.1) is 0 Å². The first kappa shape index (κ1) is 13.2. The van der Waals surface area contributed by atoms with E-state index in [0.29, 0.717) is 18.5 Å². The molecule has 3 nitrogen and oxygen atoms in total. The number of aromatic nitrogens is 1. The van der Waals surface area contributed by atoms with Gasteiger partial charge in [0.1, 0.15) is 0 Å². The van der Waals surface area contributed by atoms with Gasteiger partial charge >= 0.3 is 0 Å². The van der Waals surface area contributed by atoms with E-state index in [1.54, 1.807) is 6.07 Å². The molecule has 3 rings (SSSR count). The normalized spacial score (nSPS) is 14.3. The van der Waals surface area contributed by atoms with E-state index < -0.39 is 5.82 Å². The van der Waals surface area contributed by atoms with Crippen LogP contribution in [0.5, 0.6) is 0 Å². The molecular weight excluding hydrogens is 323 g/mol. The summed E-state index contributed by atoms with van der Waals surface area (Å²) in [6.07, 6.45) is 2.19. The second kappa shape index (κ2) is 4.98. The molecule has 0 bridgehead atoms. The van der Waals surface area contributed by atoms with E-state index in [1.165, 1.54) is 23.2 Å². The van der Waals surface area contributed by atoms with Crippen LogP contribution in [0.3, 0.4) is 0 Å². The first-order chi connectivity index (χ1) is 9.58. The van der Waals surface area contributed by atoms with Crippen molar-refractivity contribution in [2.24, 2.45) is 0 Å². The number of rotatable bonds is 1. The van der Waals surface area contributed by atoms with Gasteiger partial charge in [-0.15, -0.1) is 0 Å². The molecule has 0 radical (unpaired) electrons. The van der Waals surface area contributed by atoms with E-state index >= 15 is 0 Å². The molecule has 1 amide bonds. The Morgan fingerprint density at radius 3 is 2.95 bits per heavy atom. The molecule has 0 unspecified atom stereocenters. The zero-order chi connectivity index (χ0) is 14.3. The van der Waals surface area contributed by atoms with Gasteiger partial charge in [0, 0.05) is 22.8 Å². The highest BCUT2D eigenvalue weighted by Crippen LogP contribution is 2.28. The molecule has 0 spiro atoms. The van der Waals surface area contributed by atoms with E-state index in [-0.39, 0.29) is 11.7 Å². The standard InChI is InChI=1S/C15H12BrFN2O/c1-9-7-10-4-6-19(14-13(17)3-2-5-18-14)15(20)11(10)8-12(9)16/h2-3,5,7-8H,4,6H2,1H3. The van der Waals surface area contributed by atoms with Crippen LogP contribution in [0, 0.1) is 12.7 Å². The summed E-state index contributed by atoms with van der Waals surface area (Å²) in [5.41, 5.74) is 2.70. The average molecular weight is 335 g/mol. The quantitative estimate of drug-likeness (QED) is 0.799. The summed E-state index contributed by atoms with van der Waals surface area (Å²) in [5, 5.41) is 0. The minimum absolute atomic E-state index is 0.0971. The zero-order valence-corrected chi connectivity index (χ0v) is 12.4. The van der Waals surface area contributed by atoms with Crippen molar-refractivity contribution in [3.63, 3.8) is 0 Å². The molecule has 0 fully saturated rings. The number of hydrogen-bond donors (Lipinski definition) is 0. The molecule has 20 heavy (non-hydrogen) atoms. The largest absolute Gasteiger partial charge is 0.290 e. The molecule has 2 heterocycles. The molecule has 0 aliphatic carbocycles. The third-order valence-corrected chi connectivity index (χ3v) is 4.31. The molecule has 0 N–H and O–H groups in total. The molecule has 5 heteroatoms. The number of carbonyl (C=O) groups is 1.